The van der Waals surface area contributed by atoms with Gasteiger partial charge < -0.3 is 4.10 Å². The van der Waals surface area contributed by atoms with Gasteiger partial charge in [-0.3, -0.25) is 0 Å². The van der Waals surface area contributed by atoms with Crippen LogP contribution in [0, 0.1) is 58.2 Å². The number of rotatable bonds is 7. The highest BCUT2D eigenvalue weighted by Crippen LogP contribution is 2.68. The second kappa shape index (κ2) is 12.5. The van der Waals surface area contributed by atoms with E-state index in [1.165, 1.54) is 67.6 Å². The number of alkyl halides is 3. The first-order valence-corrected chi connectivity index (χ1v) is 17.1. The van der Waals surface area contributed by atoms with E-state index < -0.39 is 110 Å². The molecule has 19 heteroatoms. The van der Waals surface area contributed by atoms with Crippen LogP contribution < -0.4 is 21.5 Å². The van der Waals surface area contributed by atoms with Crippen LogP contribution in [0.3, 0.4) is 0 Å². The van der Waals surface area contributed by atoms with Crippen LogP contribution in [0.5, 0.6) is 0 Å². The Bertz CT molecular complexity index is 1940. The predicted molar refractivity (Wildman–Crippen MR) is 155 cm³/mol. The van der Waals surface area contributed by atoms with E-state index in [2.05, 4.69) is 4.10 Å². The molecule has 5 rings (SSSR count). The van der Waals surface area contributed by atoms with E-state index in [-0.39, 0.29) is 16.2 Å². The van der Waals surface area contributed by atoms with Crippen LogP contribution in [0.25, 0.3) is 0 Å². The molecule has 0 N–H and O–H groups in total. The Hall–Kier alpha value is -3.89. The van der Waals surface area contributed by atoms with Gasteiger partial charge in [-0.05, 0) is 36.8 Å². The molecule has 0 spiro atoms. The maximum absolute atomic E-state index is 16.0. The summed E-state index contributed by atoms with van der Waals surface area (Å²) in [4.78, 5) is 0. The number of allylic oxidation sites excluding steroid dienone is 2. The number of benzene rings is 4. The Labute approximate surface area is 269 Å². The van der Waals surface area contributed by atoms with Crippen molar-refractivity contribution < 1.29 is 69.6 Å². The molecule has 49 heavy (non-hydrogen) atoms. The number of hydrogen-bond donors (Lipinski definition) is 0. The lowest BCUT2D eigenvalue weighted by Crippen LogP contribution is -2.74. The Kier molecular flexibility index (Phi) is 9.26. The van der Waals surface area contributed by atoms with Gasteiger partial charge in [0.25, 0.3) is 0 Å². The summed E-state index contributed by atoms with van der Waals surface area (Å²) in [6.45, 7) is 1.22. The van der Waals surface area contributed by atoms with Crippen molar-refractivity contribution in [3.8, 4) is 0 Å². The van der Waals surface area contributed by atoms with Crippen molar-refractivity contribution in [2.75, 3.05) is 6.16 Å². The van der Waals surface area contributed by atoms with Crippen molar-refractivity contribution in [3.63, 3.8) is 0 Å². The first kappa shape index (κ1) is 36.4. The molecule has 0 unspecified atom stereocenters. The molecule has 0 fully saturated rings. The monoisotopic (exact) mass is 746 g/mol. The number of halogens is 13. The van der Waals surface area contributed by atoms with Crippen LogP contribution in [0.1, 0.15) is 6.92 Å². The van der Waals surface area contributed by atoms with E-state index in [9.17, 15) is 47.9 Å². The lowest BCUT2D eigenvalue weighted by Gasteiger charge is -2.49. The van der Waals surface area contributed by atoms with Crippen molar-refractivity contribution in [2.45, 2.75) is 18.0 Å². The standard InChI is InChI=1S/C30H17BF13O3PS/c1-14-12-17(48(13-14,15-8-4-2-5-9-15)16-10-6-3-7-11-16)31(47-49(45,46)30(42,43)44,18-20(32)24(36)28(40)25(37)21(18)33)19-22(34)26(38)29(41)27(39)23(19)35/h2-12,17H,13H2,1H3/t17-/m1/s1. The second-order valence-electron chi connectivity index (χ2n) is 11.0. The molecule has 0 saturated heterocycles. The highest BCUT2D eigenvalue weighted by Gasteiger charge is 2.65. The molecule has 0 saturated carbocycles. The SMILES string of the molecule is CC1=C[C@H]([B-](OS(=O)(=O)C(F)(F)F)(c2c(F)c(F)c(F)c(F)c2F)c2c(F)c(F)c(F)c(F)c2F)[P+](c2ccccc2)(c2ccccc2)C1. The highest BCUT2D eigenvalue weighted by molar-refractivity contribution is 7.93. The molecule has 0 radical (unpaired) electrons. The molecule has 3 nitrogen and oxygen atoms in total. The molecule has 0 bridgehead atoms. The van der Waals surface area contributed by atoms with Crippen molar-refractivity contribution in [3.05, 3.63) is 130 Å². The summed E-state index contributed by atoms with van der Waals surface area (Å²) < 4.78 is 225. The third-order valence-electron chi connectivity index (χ3n) is 8.29. The lowest BCUT2D eigenvalue weighted by atomic mass is 9.29. The summed E-state index contributed by atoms with van der Waals surface area (Å²) in [7, 11) is -11.6. The summed E-state index contributed by atoms with van der Waals surface area (Å²) >= 11 is 0. The van der Waals surface area contributed by atoms with Crippen molar-refractivity contribution in [1.82, 2.24) is 0 Å². The normalized spacial score (nSPS) is 16.6. The van der Waals surface area contributed by atoms with E-state index >= 15 is 17.6 Å². The minimum Gasteiger partial charge on any atom is -0.465 e. The molecule has 4 aromatic carbocycles. The molecular formula is C30H17BF13O3PS. The smallest absolute Gasteiger partial charge is 0.465 e. The molecule has 0 aromatic heterocycles. The zero-order valence-corrected chi connectivity index (χ0v) is 25.9. The molecule has 260 valence electrons. The Balaban J connectivity index is 2.18. The largest absolute Gasteiger partial charge is 0.519 e. The van der Waals surface area contributed by atoms with Crippen LogP contribution in [0.4, 0.5) is 57.1 Å². The van der Waals surface area contributed by atoms with Crippen LogP contribution in [-0.4, -0.2) is 32.0 Å². The highest BCUT2D eigenvalue weighted by atomic mass is 32.2. The van der Waals surface area contributed by atoms with Gasteiger partial charge in [-0.15, -0.1) is 0 Å². The zero-order valence-electron chi connectivity index (χ0n) is 24.2. The fourth-order valence-corrected chi connectivity index (χ4v) is 12.8. The fraction of sp³-hybridized carbons (Fsp3) is 0.133. The van der Waals surface area contributed by atoms with E-state index in [1.807, 2.05) is 0 Å². The van der Waals surface area contributed by atoms with E-state index in [4.69, 9.17) is 0 Å². The van der Waals surface area contributed by atoms with Crippen molar-refractivity contribution >= 4 is 45.3 Å². The topological polar surface area (TPSA) is 43.4 Å². The molecule has 0 amide bonds. The molecular weight excluding hydrogens is 729 g/mol. The van der Waals surface area contributed by atoms with E-state index in [1.54, 1.807) is 0 Å². The summed E-state index contributed by atoms with van der Waals surface area (Å²) in [5.41, 5.74) is -14.7. The van der Waals surface area contributed by atoms with Crippen molar-refractivity contribution in [2.24, 2.45) is 0 Å². The van der Waals surface area contributed by atoms with Crippen LogP contribution in [0.15, 0.2) is 72.3 Å². The minimum absolute atomic E-state index is 0.0157. The van der Waals surface area contributed by atoms with Gasteiger partial charge in [-0.25, -0.2) is 43.9 Å². The maximum Gasteiger partial charge on any atom is 0.519 e. The van der Waals surface area contributed by atoms with Gasteiger partial charge >= 0.3 is 15.6 Å². The summed E-state index contributed by atoms with van der Waals surface area (Å²) in [5.74, 6) is -30.4. The van der Waals surface area contributed by atoms with Gasteiger partial charge in [0.1, 0.15) is 23.3 Å². The maximum atomic E-state index is 16.0. The third kappa shape index (κ3) is 5.42. The van der Waals surface area contributed by atoms with Gasteiger partial charge in [0.2, 0.25) is 6.35 Å². The summed E-state index contributed by atoms with van der Waals surface area (Å²) in [6, 6.07) is 13.2. The molecule has 1 aliphatic heterocycles. The van der Waals surface area contributed by atoms with Crippen LogP contribution in [-0.2, 0) is 14.2 Å². The Morgan fingerprint density at radius 2 is 0.939 bits per heavy atom. The van der Waals surface area contributed by atoms with Gasteiger partial charge in [-0.1, -0.05) is 53.4 Å². The number of hydrogen-bond acceptors (Lipinski definition) is 3. The van der Waals surface area contributed by atoms with Gasteiger partial charge in [0, 0.05) is 5.56 Å². The predicted octanol–water partition coefficient (Wildman–Crippen LogP) is 6.54. The van der Waals surface area contributed by atoms with Gasteiger partial charge in [0.15, 0.2) is 34.9 Å². The minimum atomic E-state index is -7.49. The quantitative estimate of drug-likeness (QED) is 0.0411. The lowest BCUT2D eigenvalue weighted by molar-refractivity contribution is -0.0502. The molecule has 1 heterocycles. The third-order valence-corrected chi connectivity index (χ3v) is 14.4. The molecule has 1 aliphatic rings. The first-order valence-electron chi connectivity index (χ1n) is 13.6. The summed E-state index contributed by atoms with van der Waals surface area (Å²) in [6.07, 6.45) is -5.73. The van der Waals surface area contributed by atoms with Gasteiger partial charge in [-0.2, -0.15) is 21.6 Å². The first-order chi connectivity index (χ1) is 22.8. The Morgan fingerprint density at radius 3 is 1.27 bits per heavy atom. The fourth-order valence-electron chi connectivity index (χ4n) is 6.42. The Morgan fingerprint density at radius 1 is 0.612 bits per heavy atom. The van der Waals surface area contributed by atoms with Crippen LogP contribution in [0.2, 0.25) is 0 Å². The van der Waals surface area contributed by atoms with Crippen LogP contribution >= 0.6 is 7.26 Å². The van der Waals surface area contributed by atoms with E-state index in [0.717, 1.165) is 6.08 Å². The zero-order chi connectivity index (χ0) is 36.4. The average Bonchev–Trinajstić information content (AvgIpc) is 3.43. The van der Waals surface area contributed by atoms with E-state index in [0.29, 0.717) is 0 Å². The van der Waals surface area contributed by atoms with Crippen molar-refractivity contribution in [1.29, 1.82) is 0 Å². The molecule has 4 aromatic rings. The van der Waals surface area contributed by atoms with Gasteiger partial charge in [0.05, 0.1) is 24.0 Å². The second-order valence-corrected chi connectivity index (χ2v) is 16.3. The average molecular weight is 746 g/mol. The molecule has 1 atom stereocenters. The molecule has 0 aliphatic carbocycles. The summed E-state index contributed by atoms with van der Waals surface area (Å²) in [5, 5.41) is -0.0439.